The largest absolute Gasteiger partial charge is 0.384 e. The maximum absolute atomic E-state index is 12.9. The highest BCUT2D eigenvalue weighted by Gasteiger charge is 2.35. The molecular weight excluding hydrogens is 314 g/mol. The molecule has 7 heteroatoms. The zero-order valence-electron chi connectivity index (χ0n) is 13.3. The Labute approximate surface area is 136 Å². The van der Waals surface area contributed by atoms with E-state index in [1.165, 1.54) is 4.31 Å². The highest BCUT2D eigenvalue weighted by atomic mass is 32.2. The van der Waals surface area contributed by atoms with Crippen LogP contribution in [0.2, 0.25) is 0 Å². The van der Waals surface area contributed by atoms with Crippen LogP contribution in [-0.2, 0) is 27.8 Å². The van der Waals surface area contributed by atoms with Crippen LogP contribution in [0.25, 0.3) is 0 Å². The molecule has 0 bridgehead atoms. The van der Waals surface area contributed by atoms with Crippen molar-refractivity contribution in [1.29, 1.82) is 0 Å². The Kier molecular flexibility index (Phi) is 4.52. The molecule has 124 valence electrons. The topological polar surface area (TPSA) is 64.4 Å². The molecule has 1 aromatic carbocycles. The fourth-order valence-electron chi connectivity index (χ4n) is 3.06. The minimum absolute atomic E-state index is 0.00235. The number of aryl methyl sites for hydroxylation is 1. The smallest absolute Gasteiger partial charge is 0.243 e. The van der Waals surface area contributed by atoms with Gasteiger partial charge in [0, 0.05) is 31.7 Å². The van der Waals surface area contributed by atoms with Crippen LogP contribution in [0.4, 0.5) is 0 Å². The van der Waals surface area contributed by atoms with Gasteiger partial charge in [-0.1, -0.05) is 18.2 Å². The Morgan fingerprint density at radius 1 is 1.30 bits per heavy atom. The fourth-order valence-corrected chi connectivity index (χ4v) is 4.52. The van der Waals surface area contributed by atoms with E-state index in [1.54, 1.807) is 31.4 Å². The summed E-state index contributed by atoms with van der Waals surface area (Å²) >= 11 is 0. The molecule has 0 fully saturated rings. The fraction of sp³-hybridized carbons (Fsp3) is 0.438. The van der Waals surface area contributed by atoms with Gasteiger partial charge >= 0.3 is 0 Å². The van der Waals surface area contributed by atoms with E-state index in [9.17, 15) is 8.42 Å². The van der Waals surface area contributed by atoms with Gasteiger partial charge in [-0.15, -0.1) is 0 Å². The molecule has 6 nitrogen and oxygen atoms in total. The average Bonchev–Trinajstić information content (AvgIpc) is 2.99. The summed E-state index contributed by atoms with van der Waals surface area (Å²) in [5.74, 6) is 0.00235. The normalized spacial score (nSPS) is 18.8. The molecular formula is C16H21N3O3S. The van der Waals surface area contributed by atoms with Crippen LogP contribution in [0, 0.1) is 0 Å². The lowest BCUT2D eigenvalue weighted by molar-refractivity contribution is 0.162. The van der Waals surface area contributed by atoms with Gasteiger partial charge in [0.25, 0.3) is 0 Å². The van der Waals surface area contributed by atoms with Crippen molar-refractivity contribution in [3.63, 3.8) is 0 Å². The quantitative estimate of drug-likeness (QED) is 0.836. The summed E-state index contributed by atoms with van der Waals surface area (Å²) < 4.78 is 34.5. The Morgan fingerprint density at radius 3 is 2.70 bits per heavy atom. The number of sulfonamides is 1. The van der Waals surface area contributed by atoms with Crippen LogP contribution in [0.3, 0.4) is 0 Å². The summed E-state index contributed by atoms with van der Waals surface area (Å²) in [7, 11) is -1.89. The minimum atomic E-state index is -3.52. The van der Waals surface area contributed by atoms with Gasteiger partial charge < -0.3 is 4.74 Å². The number of nitrogens with zero attached hydrogens (tertiary/aromatic N) is 3. The Hall–Kier alpha value is -1.70. The molecule has 0 saturated heterocycles. The molecule has 0 radical (unpaired) electrons. The molecule has 0 saturated carbocycles. The molecule has 1 aliphatic rings. The van der Waals surface area contributed by atoms with Gasteiger partial charge in [-0.3, -0.25) is 4.68 Å². The van der Waals surface area contributed by atoms with Crippen molar-refractivity contribution in [1.82, 2.24) is 14.1 Å². The Bertz CT molecular complexity index is 771. The van der Waals surface area contributed by atoms with Crippen molar-refractivity contribution in [2.45, 2.75) is 30.8 Å². The number of benzene rings is 1. The van der Waals surface area contributed by atoms with E-state index in [2.05, 4.69) is 5.10 Å². The van der Waals surface area contributed by atoms with Gasteiger partial charge in [0.05, 0.1) is 29.9 Å². The van der Waals surface area contributed by atoms with Crippen LogP contribution in [0.1, 0.15) is 24.1 Å². The van der Waals surface area contributed by atoms with Crippen molar-refractivity contribution >= 4 is 10.0 Å². The zero-order chi connectivity index (χ0) is 16.4. The van der Waals surface area contributed by atoms with Crippen molar-refractivity contribution in [3.05, 3.63) is 47.8 Å². The maximum atomic E-state index is 12.9. The van der Waals surface area contributed by atoms with Crippen molar-refractivity contribution in [3.8, 4) is 0 Å². The molecule has 1 aliphatic heterocycles. The summed E-state index contributed by atoms with van der Waals surface area (Å²) in [6, 6.07) is 8.56. The highest BCUT2D eigenvalue weighted by molar-refractivity contribution is 7.89. The van der Waals surface area contributed by atoms with Gasteiger partial charge in [0.1, 0.15) is 0 Å². The number of fused-ring (bicyclic) bond motifs is 1. The van der Waals surface area contributed by atoms with E-state index in [4.69, 9.17) is 4.74 Å². The number of aromatic nitrogens is 2. The molecule has 0 unspecified atom stereocenters. The van der Waals surface area contributed by atoms with Crippen LogP contribution in [-0.4, -0.2) is 42.8 Å². The van der Waals surface area contributed by atoms with Crippen LogP contribution in [0.15, 0.2) is 41.4 Å². The lowest BCUT2D eigenvalue weighted by Gasteiger charge is -2.32. The van der Waals surface area contributed by atoms with Gasteiger partial charge in [-0.25, -0.2) is 8.42 Å². The SMILES string of the molecule is CCn1ncc2c1CN(S(=O)(=O)c1ccccc1)C[C@@H]2COC. The lowest BCUT2D eigenvalue weighted by atomic mass is 9.97. The number of rotatable bonds is 5. The summed E-state index contributed by atoms with van der Waals surface area (Å²) in [6.07, 6.45) is 1.84. The molecule has 2 heterocycles. The number of hydrogen-bond donors (Lipinski definition) is 0. The standard InChI is InChI=1S/C16H21N3O3S/c1-3-19-16-11-18(10-13(12-22-2)15(16)9-17-19)23(20,21)14-7-5-4-6-8-14/h4-9,13H,3,10-12H2,1-2H3/t13-/m1/s1. The van der Waals surface area contributed by atoms with Gasteiger partial charge in [-0.05, 0) is 19.1 Å². The van der Waals surface area contributed by atoms with Crippen LogP contribution < -0.4 is 0 Å². The zero-order valence-corrected chi connectivity index (χ0v) is 14.2. The number of ether oxygens (including phenoxy) is 1. The molecule has 23 heavy (non-hydrogen) atoms. The lowest BCUT2D eigenvalue weighted by Crippen LogP contribution is -2.40. The first kappa shape index (κ1) is 16.2. The summed E-state index contributed by atoms with van der Waals surface area (Å²) in [6.45, 7) is 3.95. The van der Waals surface area contributed by atoms with Gasteiger partial charge in [0.15, 0.2) is 0 Å². The second-order valence-electron chi connectivity index (χ2n) is 5.63. The Balaban J connectivity index is 1.99. The van der Waals surface area contributed by atoms with Crippen molar-refractivity contribution < 1.29 is 13.2 Å². The number of methoxy groups -OCH3 is 1. The summed E-state index contributed by atoms with van der Waals surface area (Å²) in [5, 5.41) is 4.38. The first-order valence-corrected chi connectivity index (χ1v) is 9.10. The molecule has 0 N–H and O–H groups in total. The van der Waals surface area contributed by atoms with Crippen LogP contribution in [0.5, 0.6) is 0 Å². The second-order valence-corrected chi connectivity index (χ2v) is 7.56. The summed E-state index contributed by atoms with van der Waals surface area (Å²) in [5.41, 5.74) is 2.05. The molecule has 0 spiro atoms. The third-order valence-electron chi connectivity index (χ3n) is 4.22. The predicted molar refractivity (Wildman–Crippen MR) is 86.6 cm³/mol. The number of hydrogen-bond acceptors (Lipinski definition) is 4. The Morgan fingerprint density at radius 2 is 2.04 bits per heavy atom. The monoisotopic (exact) mass is 335 g/mol. The van der Waals surface area contributed by atoms with Crippen LogP contribution >= 0.6 is 0 Å². The van der Waals surface area contributed by atoms with Crippen molar-refractivity contribution in [2.75, 3.05) is 20.3 Å². The van der Waals surface area contributed by atoms with E-state index in [0.29, 0.717) is 31.1 Å². The molecule has 2 aromatic rings. The second kappa shape index (κ2) is 6.43. The first-order chi connectivity index (χ1) is 11.1. The molecule has 3 rings (SSSR count). The van der Waals surface area contributed by atoms with E-state index < -0.39 is 10.0 Å². The van der Waals surface area contributed by atoms with Gasteiger partial charge in [-0.2, -0.15) is 9.40 Å². The minimum Gasteiger partial charge on any atom is -0.384 e. The van der Waals surface area contributed by atoms with Crippen molar-refractivity contribution in [2.24, 2.45) is 0 Å². The summed E-state index contributed by atoms with van der Waals surface area (Å²) in [4.78, 5) is 0.321. The molecule has 0 amide bonds. The van der Waals surface area contributed by atoms with E-state index in [0.717, 1.165) is 11.3 Å². The third kappa shape index (κ3) is 2.91. The molecule has 0 aliphatic carbocycles. The van der Waals surface area contributed by atoms with E-state index in [-0.39, 0.29) is 5.92 Å². The molecule has 1 atom stereocenters. The van der Waals surface area contributed by atoms with E-state index in [1.807, 2.05) is 23.9 Å². The third-order valence-corrected chi connectivity index (χ3v) is 6.05. The predicted octanol–water partition coefficient (Wildman–Crippen LogP) is 1.84. The van der Waals surface area contributed by atoms with Gasteiger partial charge in [0.2, 0.25) is 10.0 Å². The average molecular weight is 335 g/mol. The van der Waals surface area contributed by atoms with E-state index >= 15 is 0 Å². The maximum Gasteiger partial charge on any atom is 0.243 e. The first-order valence-electron chi connectivity index (χ1n) is 7.66. The highest BCUT2D eigenvalue weighted by Crippen LogP contribution is 2.32. The molecule has 1 aromatic heterocycles.